The number of fused-ring (bicyclic) bond motifs is 2. The third-order valence-corrected chi connectivity index (χ3v) is 4.17. The molecule has 0 saturated carbocycles. The van der Waals surface area contributed by atoms with E-state index in [1.807, 2.05) is 42.5 Å². The molecule has 7 nitrogen and oxygen atoms in total. The summed E-state index contributed by atoms with van der Waals surface area (Å²) >= 11 is 0. The number of aromatic nitrogens is 4. The van der Waals surface area contributed by atoms with Crippen LogP contribution < -0.4 is 14.2 Å². The van der Waals surface area contributed by atoms with Crippen molar-refractivity contribution in [2.45, 2.75) is 0 Å². The second kappa shape index (κ2) is 5.27. The molecule has 2 aromatic heterocycles. The smallest absolute Gasteiger partial charge is 0.231 e. The van der Waals surface area contributed by atoms with Gasteiger partial charge in [0, 0.05) is 6.07 Å². The van der Waals surface area contributed by atoms with Crippen LogP contribution in [0.4, 0.5) is 0 Å². The van der Waals surface area contributed by atoms with E-state index in [0.29, 0.717) is 23.1 Å². The van der Waals surface area contributed by atoms with E-state index in [0.717, 1.165) is 22.4 Å². The van der Waals surface area contributed by atoms with Crippen LogP contribution in [0.1, 0.15) is 0 Å². The molecule has 0 atom stereocenters. The lowest BCUT2D eigenvalue weighted by Gasteiger charge is -2.07. The number of methoxy groups -OCH3 is 1. The minimum absolute atomic E-state index is 0.213. The van der Waals surface area contributed by atoms with Crippen LogP contribution >= 0.6 is 0 Å². The van der Waals surface area contributed by atoms with Crippen LogP contribution in [0, 0.1) is 0 Å². The third-order valence-electron chi connectivity index (χ3n) is 4.17. The van der Waals surface area contributed by atoms with E-state index in [1.54, 1.807) is 18.0 Å². The molecule has 124 valence electrons. The van der Waals surface area contributed by atoms with E-state index in [2.05, 4.69) is 10.1 Å². The number of rotatable bonds is 3. The summed E-state index contributed by atoms with van der Waals surface area (Å²) in [6, 6.07) is 13.6. The first kappa shape index (κ1) is 13.9. The fourth-order valence-corrected chi connectivity index (χ4v) is 2.96. The number of ether oxygens (including phenoxy) is 3. The van der Waals surface area contributed by atoms with Gasteiger partial charge in [-0.2, -0.15) is 5.10 Å². The molecule has 0 saturated heterocycles. The average Bonchev–Trinajstić information content (AvgIpc) is 3.35. The zero-order valence-electron chi connectivity index (χ0n) is 13.4. The molecule has 7 heteroatoms. The normalized spacial score (nSPS) is 12.7. The van der Waals surface area contributed by atoms with Gasteiger partial charge in [-0.05, 0) is 18.2 Å². The van der Waals surface area contributed by atoms with Crippen LogP contribution in [0.25, 0.3) is 28.2 Å². The van der Waals surface area contributed by atoms with Gasteiger partial charge in [-0.1, -0.05) is 18.2 Å². The van der Waals surface area contributed by atoms with Crippen LogP contribution in [0.5, 0.6) is 17.2 Å². The Hall–Kier alpha value is -3.48. The zero-order valence-corrected chi connectivity index (χ0v) is 13.4. The van der Waals surface area contributed by atoms with E-state index in [1.165, 1.54) is 0 Å². The van der Waals surface area contributed by atoms with Crippen molar-refractivity contribution in [1.29, 1.82) is 0 Å². The largest absolute Gasteiger partial charge is 0.496 e. The van der Waals surface area contributed by atoms with Gasteiger partial charge < -0.3 is 19.2 Å². The van der Waals surface area contributed by atoms with Gasteiger partial charge in [0.25, 0.3) is 0 Å². The van der Waals surface area contributed by atoms with Crippen LogP contribution in [-0.4, -0.2) is 33.7 Å². The molecule has 0 radical (unpaired) electrons. The number of hydrogen-bond donors (Lipinski definition) is 1. The molecule has 0 unspecified atom stereocenters. The van der Waals surface area contributed by atoms with Crippen molar-refractivity contribution in [3.05, 3.63) is 48.7 Å². The summed E-state index contributed by atoms with van der Waals surface area (Å²) < 4.78 is 18.2. The minimum atomic E-state index is 0.213. The summed E-state index contributed by atoms with van der Waals surface area (Å²) in [4.78, 5) is 8.02. The first-order valence-corrected chi connectivity index (χ1v) is 7.80. The highest BCUT2D eigenvalue weighted by Crippen LogP contribution is 2.42. The Labute approximate surface area is 142 Å². The van der Waals surface area contributed by atoms with Gasteiger partial charge >= 0.3 is 0 Å². The Morgan fingerprint density at radius 1 is 1.12 bits per heavy atom. The van der Waals surface area contributed by atoms with Crippen molar-refractivity contribution >= 4 is 11.2 Å². The molecule has 5 rings (SSSR count). The summed E-state index contributed by atoms with van der Waals surface area (Å²) in [5.41, 5.74) is 3.36. The van der Waals surface area contributed by atoms with Crippen molar-refractivity contribution in [3.63, 3.8) is 0 Å². The van der Waals surface area contributed by atoms with Crippen LogP contribution in [0.2, 0.25) is 0 Å². The molecule has 0 amide bonds. The van der Waals surface area contributed by atoms with Crippen molar-refractivity contribution < 1.29 is 14.2 Å². The van der Waals surface area contributed by atoms with Crippen LogP contribution in [0.15, 0.2) is 48.7 Å². The Kier molecular flexibility index (Phi) is 2.93. The fraction of sp³-hybridized carbons (Fsp3) is 0.111. The molecule has 0 spiro atoms. The minimum Gasteiger partial charge on any atom is -0.496 e. The Bertz CT molecular complexity index is 1070. The van der Waals surface area contributed by atoms with Gasteiger partial charge in [0.05, 0.1) is 24.6 Å². The lowest BCUT2D eigenvalue weighted by Crippen LogP contribution is -1.96. The monoisotopic (exact) mass is 334 g/mol. The van der Waals surface area contributed by atoms with Crippen molar-refractivity contribution in [2.75, 3.05) is 13.9 Å². The predicted molar refractivity (Wildman–Crippen MR) is 91.3 cm³/mol. The van der Waals surface area contributed by atoms with E-state index in [4.69, 9.17) is 19.2 Å². The second-order valence-corrected chi connectivity index (χ2v) is 5.62. The van der Waals surface area contributed by atoms with E-state index < -0.39 is 0 Å². The molecule has 2 aromatic carbocycles. The maximum absolute atomic E-state index is 5.49. The molecule has 1 N–H and O–H groups in total. The van der Waals surface area contributed by atoms with Gasteiger partial charge in [0.2, 0.25) is 6.79 Å². The molecular weight excluding hydrogens is 320 g/mol. The van der Waals surface area contributed by atoms with E-state index in [9.17, 15) is 0 Å². The van der Waals surface area contributed by atoms with Crippen LogP contribution in [0.3, 0.4) is 0 Å². The maximum atomic E-state index is 5.49. The number of nitrogens with one attached hydrogen (secondary N) is 1. The van der Waals surface area contributed by atoms with Crippen molar-refractivity contribution in [3.8, 4) is 34.3 Å². The summed E-state index contributed by atoms with van der Waals surface area (Å²) in [6.45, 7) is 0.213. The van der Waals surface area contributed by atoms with Gasteiger partial charge in [-0.3, -0.25) is 0 Å². The summed E-state index contributed by atoms with van der Waals surface area (Å²) in [5, 5.41) is 4.41. The maximum Gasteiger partial charge on any atom is 0.231 e. The molecule has 0 fully saturated rings. The molecule has 1 aliphatic heterocycles. The van der Waals surface area contributed by atoms with E-state index in [-0.39, 0.29) is 6.79 Å². The quantitative estimate of drug-likeness (QED) is 0.623. The molecule has 1 aliphatic rings. The summed E-state index contributed by atoms with van der Waals surface area (Å²) in [5.74, 6) is 2.71. The molecule has 3 heterocycles. The number of benzene rings is 2. The summed E-state index contributed by atoms with van der Waals surface area (Å²) in [6.07, 6.45) is 1.76. The molecule has 4 aromatic rings. The Morgan fingerprint density at radius 2 is 1.92 bits per heavy atom. The average molecular weight is 334 g/mol. The molecule has 0 bridgehead atoms. The van der Waals surface area contributed by atoms with Crippen molar-refractivity contribution in [1.82, 2.24) is 19.7 Å². The Balaban J connectivity index is 1.66. The summed E-state index contributed by atoms with van der Waals surface area (Å²) in [7, 11) is 1.62. The lowest BCUT2D eigenvalue weighted by atomic mass is 10.1. The van der Waals surface area contributed by atoms with E-state index >= 15 is 0 Å². The van der Waals surface area contributed by atoms with Gasteiger partial charge in [0.1, 0.15) is 17.1 Å². The molecule has 25 heavy (non-hydrogen) atoms. The highest BCUT2D eigenvalue weighted by Gasteiger charge is 2.21. The highest BCUT2D eigenvalue weighted by atomic mass is 16.7. The van der Waals surface area contributed by atoms with Gasteiger partial charge in [-0.25, -0.2) is 9.67 Å². The highest BCUT2D eigenvalue weighted by molar-refractivity contribution is 5.80. The number of imidazole rings is 1. The number of H-pyrrole nitrogens is 1. The molecule has 0 aliphatic carbocycles. The zero-order chi connectivity index (χ0) is 16.8. The van der Waals surface area contributed by atoms with Gasteiger partial charge in [0.15, 0.2) is 17.1 Å². The third kappa shape index (κ3) is 2.13. The second-order valence-electron chi connectivity index (χ2n) is 5.62. The Morgan fingerprint density at radius 3 is 2.72 bits per heavy atom. The standard InChI is InChI=1S/C18H14N4O3/c1-23-14-8-16-15(24-10-25-16)7-12(14)17-20-13-9-19-22(18(13)21-17)11-5-3-2-4-6-11/h2-9H,10H2,1H3,(H,20,21). The van der Waals surface area contributed by atoms with Crippen molar-refractivity contribution in [2.24, 2.45) is 0 Å². The number of hydrogen-bond acceptors (Lipinski definition) is 5. The fourth-order valence-electron chi connectivity index (χ4n) is 2.96. The number of nitrogens with zero attached hydrogens (tertiary/aromatic N) is 3. The first-order chi connectivity index (χ1) is 12.3. The number of para-hydroxylation sites is 1. The topological polar surface area (TPSA) is 74.2 Å². The van der Waals surface area contributed by atoms with Gasteiger partial charge in [-0.15, -0.1) is 0 Å². The first-order valence-electron chi connectivity index (χ1n) is 7.80. The number of aromatic amines is 1. The SMILES string of the molecule is COc1cc2c(cc1-c1nc3c(cnn3-c3ccccc3)[nH]1)OCO2. The predicted octanol–water partition coefficient (Wildman–Crippen LogP) is 3.15. The molecular formula is C18H14N4O3. The lowest BCUT2D eigenvalue weighted by molar-refractivity contribution is 0.174. The van der Waals surface area contributed by atoms with Crippen LogP contribution in [-0.2, 0) is 0 Å².